The van der Waals surface area contributed by atoms with Crippen LogP contribution >= 0.6 is 11.3 Å². The van der Waals surface area contributed by atoms with E-state index in [-0.39, 0.29) is 11.3 Å². The lowest BCUT2D eigenvalue weighted by Gasteiger charge is -2.17. The van der Waals surface area contributed by atoms with Crippen molar-refractivity contribution in [2.24, 2.45) is 0 Å². The molecule has 90 valence electrons. The largest absolute Gasteiger partial charge is 0.301 e. The van der Waals surface area contributed by atoms with Crippen molar-refractivity contribution in [1.82, 2.24) is 10.2 Å². The molecule has 4 nitrogen and oxygen atoms in total. The van der Waals surface area contributed by atoms with Crippen molar-refractivity contribution >= 4 is 22.4 Å². The topological polar surface area (TPSA) is 54.9 Å². The van der Waals surface area contributed by atoms with E-state index in [1.54, 1.807) is 0 Å². The van der Waals surface area contributed by atoms with E-state index in [4.69, 9.17) is 0 Å². The number of nitrogens with one attached hydrogen (secondary N) is 1. The molecule has 0 aliphatic carbocycles. The summed E-state index contributed by atoms with van der Waals surface area (Å²) < 4.78 is 0. The molecule has 0 spiro atoms. The van der Waals surface area contributed by atoms with Crippen LogP contribution in [0.1, 0.15) is 52.0 Å². The van der Waals surface area contributed by atoms with Gasteiger partial charge in [-0.1, -0.05) is 39.0 Å². The van der Waals surface area contributed by atoms with Crippen molar-refractivity contribution < 1.29 is 4.79 Å². The lowest BCUT2D eigenvalue weighted by Crippen LogP contribution is -2.14. The van der Waals surface area contributed by atoms with E-state index in [2.05, 4.69) is 36.3 Å². The monoisotopic (exact) mass is 241 g/mol. The molecule has 1 amide bonds. The Hall–Kier alpha value is -0.970. The van der Waals surface area contributed by atoms with Crippen molar-refractivity contribution in [3.8, 4) is 0 Å². The van der Waals surface area contributed by atoms with Crippen molar-refractivity contribution in [2.75, 3.05) is 5.32 Å². The summed E-state index contributed by atoms with van der Waals surface area (Å²) in [5.41, 5.74) is 0.0331. The van der Waals surface area contributed by atoms with Crippen LogP contribution in [0.3, 0.4) is 0 Å². The molecule has 1 N–H and O–H groups in total. The summed E-state index contributed by atoms with van der Waals surface area (Å²) in [7, 11) is 0. The van der Waals surface area contributed by atoms with Gasteiger partial charge in [0.15, 0.2) is 0 Å². The smallest absolute Gasteiger partial charge is 0.226 e. The fourth-order valence-electron chi connectivity index (χ4n) is 1.11. The average Bonchev–Trinajstić information content (AvgIpc) is 2.67. The molecule has 0 aliphatic rings. The van der Waals surface area contributed by atoms with Crippen LogP contribution in [0.4, 0.5) is 5.13 Å². The molecule has 1 aromatic heterocycles. The zero-order valence-corrected chi connectivity index (χ0v) is 11.1. The fraction of sp³-hybridized carbons (Fsp3) is 0.727. The van der Waals surface area contributed by atoms with Gasteiger partial charge in [-0.25, -0.2) is 0 Å². The Morgan fingerprint density at radius 3 is 2.62 bits per heavy atom. The van der Waals surface area contributed by atoms with Gasteiger partial charge in [-0.2, -0.15) is 0 Å². The maximum atomic E-state index is 11.4. The van der Waals surface area contributed by atoms with Gasteiger partial charge in [0.2, 0.25) is 11.0 Å². The van der Waals surface area contributed by atoms with Gasteiger partial charge in [-0.05, 0) is 12.8 Å². The van der Waals surface area contributed by atoms with Crippen molar-refractivity contribution in [3.05, 3.63) is 5.01 Å². The Labute approximate surface area is 100 Å². The molecule has 5 heteroatoms. The summed E-state index contributed by atoms with van der Waals surface area (Å²) in [5.74, 6) is 0.0134. The first-order chi connectivity index (χ1) is 7.49. The van der Waals surface area contributed by atoms with Gasteiger partial charge in [0.25, 0.3) is 0 Å². The van der Waals surface area contributed by atoms with Crippen LogP contribution < -0.4 is 5.32 Å². The molecule has 0 unspecified atom stereocenters. The lowest BCUT2D eigenvalue weighted by atomic mass is 9.91. The van der Waals surface area contributed by atoms with E-state index >= 15 is 0 Å². The predicted molar refractivity (Wildman–Crippen MR) is 66.8 cm³/mol. The van der Waals surface area contributed by atoms with Gasteiger partial charge in [-0.15, -0.1) is 10.2 Å². The van der Waals surface area contributed by atoms with E-state index in [0.29, 0.717) is 11.6 Å². The molecule has 0 fully saturated rings. The highest BCUT2D eigenvalue weighted by Crippen LogP contribution is 2.30. The number of anilines is 1. The second-order valence-electron chi connectivity index (χ2n) is 4.45. The highest BCUT2D eigenvalue weighted by atomic mass is 32.1. The Morgan fingerprint density at radius 1 is 1.38 bits per heavy atom. The zero-order valence-electron chi connectivity index (χ0n) is 10.3. The quantitative estimate of drug-likeness (QED) is 0.862. The Balaban J connectivity index is 2.68. The van der Waals surface area contributed by atoms with Crippen LogP contribution in [0.15, 0.2) is 0 Å². The number of aromatic nitrogens is 2. The average molecular weight is 241 g/mol. The van der Waals surface area contributed by atoms with Gasteiger partial charge in [-0.3, -0.25) is 4.79 Å². The maximum Gasteiger partial charge on any atom is 0.226 e. The van der Waals surface area contributed by atoms with E-state index in [9.17, 15) is 4.79 Å². The SMILES string of the molecule is CCCC(=O)Nc1nnc(C(C)(C)CC)s1. The molecule has 1 aromatic rings. The summed E-state index contributed by atoms with van der Waals surface area (Å²) in [6.07, 6.45) is 2.38. The van der Waals surface area contributed by atoms with E-state index in [1.165, 1.54) is 11.3 Å². The number of rotatable bonds is 5. The second kappa shape index (κ2) is 5.39. The Morgan fingerprint density at radius 2 is 2.06 bits per heavy atom. The first-order valence-electron chi connectivity index (χ1n) is 5.63. The van der Waals surface area contributed by atoms with Crippen molar-refractivity contribution in [1.29, 1.82) is 0 Å². The minimum absolute atomic E-state index is 0.0134. The van der Waals surface area contributed by atoms with E-state index in [0.717, 1.165) is 17.8 Å². The van der Waals surface area contributed by atoms with Gasteiger partial charge in [0, 0.05) is 11.8 Å². The van der Waals surface area contributed by atoms with Crippen LogP contribution in [-0.4, -0.2) is 16.1 Å². The fourth-order valence-corrected chi connectivity index (χ4v) is 2.04. The number of amides is 1. The normalized spacial score (nSPS) is 11.5. The number of carbonyl (C=O) groups excluding carboxylic acids is 1. The minimum atomic E-state index is 0.0134. The van der Waals surface area contributed by atoms with Crippen molar-refractivity contribution in [2.45, 2.75) is 52.4 Å². The summed E-state index contributed by atoms with van der Waals surface area (Å²) in [6, 6.07) is 0. The summed E-state index contributed by atoms with van der Waals surface area (Å²) in [4.78, 5) is 11.4. The van der Waals surface area contributed by atoms with Crippen LogP contribution in [0.5, 0.6) is 0 Å². The molecule has 0 saturated heterocycles. The molecule has 1 rings (SSSR count). The van der Waals surface area contributed by atoms with Crippen LogP contribution in [0, 0.1) is 0 Å². The van der Waals surface area contributed by atoms with Crippen LogP contribution in [0.2, 0.25) is 0 Å². The zero-order chi connectivity index (χ0) is 12.2. The molecule has 0 aromatic carbocycles. The standard InChI is InChI=1S/C11H19N3OS/c1-5-7-8(15)12-10-14-13-9(16-10)11(3,4)6-2/h5-7H2,1-4H3,(H,12,14,15). The lowest BCUT2D eigenvalue weighted by molar-refractivity contribution is -0.116. The highest BCUT2D eigenvalue weighted by Gasteiger charge is 2.23. The van der Waals surface area contributed by atoms with Gasteiger partial charge >= 0.3 is 0 Å². The molecule has 0 bridgehead atoms. The van der Waals surface area contributed by atoms with Crippen LogP contribution in [0.25, 0.3) is 0 Å². The van der Waals surface area contributed by atoms with E-state index < -0.39 is 0 Å². The maximum absolute atomic E-state index is 11.4. The first-order valence-corrected chi connectivity index (χ1v) is 6.45. The molecule has 0 aliphatic heterocycles. The molecule has 16 heavy (non-hydrogen) atoms. The summed E-state index contributed by atoms with van der Waals surface area (Å²) >= 11 is 1.46. The van der Waals surface area contributed by atoms with Gasteiger partial charge < -0.3 is 5.32 Å². The van der Waals surface area contributed by atoms with Gasteiger partial charge in [0.05, 0.1) is 0 Å². The third-order valence-corrected chi connectivity index (χ3v) is 3.82. The number of carbonyl (C=O) groups is 1. The van der Waals surface area contributed by atoms with Crippen molar-refractivity contribution in [3.63, 3.8) is 0 Å². The number of hydrogen-bond acceptors (Lipinski definition) is 4. The predicted octanol–water partition coefficient (Wildman–Crippen LogP) is 2.96. The molecule has 0 radical (unpaired) electrons. The minimum Gasteiger partial charge on any atom is -0.301 e. The summed E-state index contributed by atoms with van der Waals surface area (Å²) in [5, 5.41) is 12.5. The Kier molecular flexibility index (Phi) is 4.41. The molecular formula is C11H19N3OS. The van der Waals surface area contributed by atoms with Crippen LogP contribution in [-0.2, 0) is 10.2 Å². The molecule has 0 saturated carbocycles. The third-order valence-electron chi connectivity index (χ3n) is 2.61. The Bertz CT molecular complexity index is 360. The second-order valence-corrected chi connectivity index (χ2v) is 5.43. The highest BCUT2D eigenvalue weighted by molar-refractivity contribution is 7.15. The van der Waals surface area contributed by atoms with E-state index in [1.807, 2.05) is 6.92 Å². The summed E-state index contributed by atoms with van der Waals surface area (Å²) in [6.45, 7) is 8.36. The molecule has 1 heterocycles. The third kappa shape index (κ3) is 3.27. The first kappa shape index (κ1) is 13.1. The molecule has 0 atom stereocenters. The number of hydrogen-bond donors (Lipinski definition) is 1. The number of nitrogens with zero attached hydrogens (tertiary/aromatic N) is 2. The molecular weight excluding hydrogens is 222 g/mol. The van der Waals surface area contributed by atoms with Gasteiger partial charge in [0.1, 0.15) is 5.01 Å².